The highest BCUT2D eigenvalue weighted by atomic mass is 16.6. The fourth-order valence-electron chi connectivity index (χ4n) is 2.21. The highest BCUT2D eigenvalue weighted by molar-refractivity contribution is 5.74. The summed E-state index contributed by atoms with van der Waals surface area (Å²) in [5, 5.41) is 3.28. The maximum atomic E-state index is 11.4. The lowest BCUT2D eigenvalue weighted by Gasteiger charge is -2.30. The van der Waals surface area contributed by atoms with Crippen LogP contribution in [-0.2, 0) is 14.3 Å². The van der Waals surface area contributed by atoms with Crippen LogP contribution in [0.4, 0.5) is 0 Å². The normalized spacial score (nSPS) is 36.5. The van der Waals surface area contributed by atoms with Gasteiger partial charge in [-0.1, -0.05) is 0 Å². The highest BCUT2D eigenvalue weighted by Crippen LogP contribution is 2.27. The Kier molecular flexibility index (Phi) is 3.03. The van der Waals surface area contributed by atoms with Crippen LogP contribution in [-0.4, -0.2) is 37.9 Å². The second-order valence-corrected chi connectivity index (χ2v) is 3.91. The van der Waals surface area contributed by atoms with Gasteiger partial charge in [-0.2, -0.15) is 0 Å². The zero-order valence-corrected chi connectivity index (χ0v) is 8.49. The van der Waals surface area contributed by atoms with Gasteiger partial charge in [-0.25, -0.2) is 4.79 Å². The van der Waals surface area contributed by atoms with Crippen molar-refractivity contribution in [3.63, 3.8) is 0 Å². The first-order valence-electron chi connectivity index (χ1n) is 5.34. The highest BCUT2D eigenvalue weighted by Gasteiger charge is 2.37. The number of rotatable bonds is 2. The molecule has 0 bridgehead atoms. The Balaban J connectivity index is 1.87. The Labute approximate surface area is 84.0 Å². The van der Waals surface area contributed by atoms with Crippen LogP contribution in [0.2, 0.25) is 0 Å². The summed E-state index contributed by atoms with van der Waals surface area (Å²) in [6.07, 6.45) is 1.78. The van der Waals surface area contributed by atoms with E-state index in [-0.39, 0.29) is 18.2 Å². The molecule has 14 heavy (non-hydrogen) atoms. The number of hydrogen-bond donors (Lipinski definition) is 1. The summed E-state index contributed by atoms with van der Waals surface area (Å²) in [7, 11) is 0. The molecule has 0 saturated carbocycles. The van der Waals surface area contributed by atoms with E-state index in [1.165, 1.54) is 0 Å². The minimum atomic E-state index is -0.323. The van der Waals surface area contributed by atoms with Gasteiger partial charge in [-0.3, -0.25) is 0 Å². The molecular formula is C10H17NO3. The van der Waals surface area contributed by atoms with Crippen LogP contribution in [0.15, 0.2) is 0 Å². The van der Waals surface area contributed by atoms with Crippen molar-refractivity contribution in [1.82, 2.24) is 5.32 Å². The van der Waals surface area contributed by atoms with E-state index in [1.54, 1.807) is 0 Å². The fourth-order valence-corrected chi connectivity index (χ4v) is 2.21. The zero-order valence-electron chi connectivity index (χ0n) is 8.49. The minimum Gasteiger partial charge on any atom is -0.464 e. The van der Waals surface area contributed by atoms with Crippen molar-refractivity contribution in [3.05, 3.63) is 0 Å². The van der Waals surface area contributed by atoms with E-state index in [4.69, 9.17) is 9.47 Å². The van der Waals surface area contributed by atoms with E-state index in [9.17, 15) is 4.79 Å². The van der Waals surface area contributed by atoms with Crippen molar-refractivity contribution in [1.29, 1.82) is 0 Å². The van der Waals surface area contributed by atoms with Gasteiger partial charge in [0, 0.05) is 13.1 Å². The zero-order chi connectivity index (χ0) is 9.97. The molecule has 0 amide bonds. The lowest BCUT2D eigenvalue weighted by molar-refractivity contribution is -0.166. The topological polar surface area (TPSA) is 47.6 Å². The van der Waals surface area contributed by atoms with E-state index in [1.807, 2.05) is 6.92 Å². The van der Waals surface area contributed by atoms with Crippen molar-refractivity contribution in [3.8, 4) is 0 Å². The number of nitrogens with one attached hydrogen (secondary N) is 1. The summed E-state index contributed by atoms with van der Waals surface area (Å²) >= 11 is 0. The Morgan fingerprint density at radius 2 is 2.36 bits per heavy atom. The lowest BCUT2D eigenvalue weighted by Crippen LogP contribution is -2.39. The van der Waals surface area contributed by atoms with Crippen molar-refractivity contribution >= 4 is 5.97 Å². The molecule has 0 aliphatic carbocycles. The molecule has 2 saturated heterocycles. The predicted molar refractivity (Wildman–Crippen MR) is 50.9 cm³/mol. The molecule has 0 unspecified atom stereocenters. The Hall–Kier alpha value is -0.610. The first kappa shape index (κ1) is 9.93. The number of carbonyl (C=O) groups is 1. The van der Waals surface area contributed by atoms with Gasteiger partial charge < -0.3 is 14.8 Å². The van der Waals surface area contributed by atoms with Crippen LogP contribution >= 0.6 is 0 Å². The second-order valence-electron chi connectivity index (χ2n) is 3.91. The third-order valence-corrected chi connectivity index (χ3v) is 2.97. The van der Waals surface area contributed by atoms with E-state index in [0.717, 1.165) is 25.9 Å². The Morgan fingerprint density at radius 1 is 1.50 bits per heavy atom. The first-order chi connectivity index (χ1) is 6.81. The van der Waals surface area contributed by atoms with E-state index >= 15 is 0 Å². The maximum Gasteiger partial charge on any atom is 0.335 e. The van der Waals surface area contributed by atoms with Crippen molar-refractivity contribution in [2.45, 2.75) is 32.0 Å². The van der Waals surface area contributed by atoms with Gasteiger partial charge in [0.2, 0.25) is 0 Å². The Morgan fingerprint density at radius 3 is 3.14 bits per heavy atom. The van der Waals surface area contributed by atoms with Gasteiger partial charge in [0.1, 0.15) is 0 Å². The van der Waals surface area contributed by atoms with Gasteiger partial charge in [0.15, 0.2) is 6.10 Å². The SMILES string of the molecule is CCOC(=O)[C@@H]1CC[C@H]2CNC[C@@H]2O1. The van der Waals surface area contributed by atoms with Gasteiger partial charge >= 0.3 is 5.97 Å². The third-order valence-electron chi connectivity index (χ3n) is 2.97. The summed E-state index contributed by atoms with van der Waals surface area (Å²) in [6, 6.07) is 0. The first-order valence-corrected chi connectivity index (χ1v) is 5.34. The van der Waals surface area contributed by atoms with Crippen LogP contribution in [0, 0.1) is 5.92 Å². The van der Waals surface area contributed by atoms with Crippen LogP contribution in [0.3, 0.4) is 0 Å². The smallest absolute Gasteiger partial charge is 0.335 e. The molecule has 0 aromatic rings. The van der Waals surface area contributed by atoms with E-state index < -0.39 is 0 Å². The molecule has 80 valence electrons. The monoisotopic (exact) mass is 199 g/mol. The lowest BCUT2D eigenvalue weighted by atomic mass is 9.94. The molecule has 0 aromatic heterocycles. The summed E-state index contributed by atoms with van der Waals surface area (Å²) in [4.78, 5) is 11.4. The summed E-state index contributed by atoms with van der Waals surface area (Å²) < 4.78 is 10.6. The van der Waals surface area contributed by atoms with Crippen molar-refractivity contribution in [2.24, 2.45) is 5.92 Å². The van der Waals surface area contributed by atoms with Crippen molar-refractivity contribution in [2.75, 3.05) is 19.7 Å². The van der Waals surface area contributed by atoms with Gasteiger partial charge in [0.25, 0.3) is 0 Å². The number of hydrogen-bond acceptors (Lipinski definition) is 4. The molecule has 0 radical (unpaired) electrons. The molecule has 2 rings (SSSR count). The van der Waals surface area contributed by atoms with Gasteiger partial charge in [0.05, 0.1) is 12.7 Å². The number of esters is 1. The number of ether oxygens (including phenoxy) is 2. The second kappa shape index (κ2) is 4.28. The van der Waals surface area contributed by atoms with Gasteiger partial charge in [-0.05, 0) is 25.7 Å². The predicted octanol–water partition coefficient (Wildman–Crippen LogP) is 0.316. The molecular weight excluding hydrogens is 182 g/mol. The number of fused-ring (bicyclic) bond motifs is 1. The fraction of sp³-hybridized carbons (Fsp3) is 0.900. The molecule has 1 N–H and O–H groups in total. The molecule has 2 aliphatic rings. The molecule has 0 aromatic carbocycles. The van der Waals surface area contributed by atoms with E-state index in [0.29, 0.717) is 12.5 Å². The summed E-state index contributed by atoms with van der Waals surface area (Å²) in [5.74, 6) is 0.401. The van der Waals surface area contributed by atoms with Crippen LogP contribution in [0.25, 0.3) is 0 Å². The average Bonchev–Trinajstić information content (AvgIpc) is 2.64. The third kappa shape index (κ3) is 1.91. The average molecular weight is 199 g/mol. The van der Waals surface area contributed by atoms with Crippen molar-refractivity contribution < 1.29 is 14.3 Å². The number of carbonyl (C=O) groups excluding carboxylic acids is 1. The molecule has 4 heteroatoms. The molecule has 2 heterocycles. The molecule has 0 spiro atoms. The van der Waals surface area contributed by atoms with Crippen LogP contribution < -0.4 is 5.32 Å². The molecule has 3 atom stereocenters. The van der Waals surface area contributed by atoms with Crippen LogP contribution in [0.1, 0.15) is 19.8 Å². The maximum absolute atomic E-state index is 11.4. The summed E-state index contributed by atoms with van der Waals surface area (Å²) in [5.41, 5.74) is 0. The van der Waals surface area contributed by atoms with E-state index in [2.05, 4.69) is 5.32 Å². The largest absolute Gasteiger partial charge is 0.464 e. The Bertz CT molecular complexity index is 219. The molecule has 2 aliphatic heterocycles. The molecule has 2 fully saturated rings. The van der Waals surface area contributed by atoms with Gasteiger partial charge in [-0.15, -0.1) is 0 Å². The summed E-state index contributed by atoms with van der Waals surface area (Å²) in [6.45, 7) is 4.16. The quantitative estimate of drug-likeness (QED) is 0.650. The minimum absolute atomic E-state index is 0.196. The van der Waals surface area contributed by atoms with Crippen LogP contribution in [0.5, 0.6) is 0 Å². The molecule has 4 nitrogen and oxygen atoms in total. The standard InChI is InChI=1S/C10H17NO3/c1-2-13-10(12)8-4-3-7-5-11-6-9(7)14-8/h7-9,11H,2-6H2,1H3/t7-,8-,9-/m0/s1.